The molecular formula is C31H28ClFN2O3. The number of carbonyl (C=O) groups is 2. The molecule has 1 N–H and O–H groups in total. The van der Waals surface area contributed by atoms with Crippen molar-refractivity contribution in [3.05, 3.63) is 106 Å². The second kappa shape index (κ2) is 10.8. The molecule has 38 heavy (non-hydrogen) atoms. The van der Waals surface area contributed by atoms with Gasteiger partial charge >= 0.3 is 5.97 Å². The van der Waals surface area contributed by atoms with E-state index in [1.807, 2.05) is 70.2 Å². The largest absolute Gasteiger partial charge is 0.478 e. The predicted octanol–water partition coefficient (Wildman–Crippen LogP) is 7.98. The Morgan fingerprint density at radius 3 is 2.32 bits per heavy atom. The zero-order valence-electron chi connectivity index (χ0n) is 21.6. The molecule has 0 saturated carbocycles. The Morgan fingerprint density at radius 1 is 1.03 bits per heavy atom. The zero-order valence-corrected chi connectivity index (χ0v) is 22.4. The number of aromatic nitrogens is 2. The fourth-order valence-electron chi connectivity index (χ4n) is 4.35. The fourth-order valence-corrected chi connectivity index (χ4v) is 4.63. The van der Waals surface area contributed by atoms with Gasteiger partial charge in [-0.1, -0.05) is 75.7 Å². The molecule has 1 heterocycles. The van der Waals surface area contributed by atoms with Crippen molar-refractivity contribution in [2.24, 2.45) is 5.41 Å². The minimum absolute atomic E-state index is 0.103. The number of carboxylic acids is 1. The number of halogens is 2. The van der Waals surface area contributed by atoms with Gasteiger partial charge in [0.15, 0.2) is 0 Å². The van der Waals surface area contributed by atoms with Gasteiger partial charge in [0.25, 0.3) is 5.91 Å². The van der Waals surface area contributed by atoms with Crippen LogP contribution in [0.4, 0.5) is 4.39 Å². The van der Waals surface area contributed by atoms with Crippen LogP contribution in [0.2, 0.25) is 5.02 Å². The Morgan fingerprint density at radius 2 is 1.71 bits per heavy atom. The van der Waals surface area contributed by atoms with E-state index in [-0.39, 0.29) is 5.91 Å². The Bertz CT molecular complexity index is 1590. The van der Waals surface area contributed by atoms with E-state index in [9.17, 15) is 14.0 Å². The number of carbonyl (C=O) groups excluding carboxylic acids is 1. The van der Waals surface area contributed by atoms with E-state index in [0.29, 0.717) is 17.0 Å². The summed E-state index contributed by atoms with van der Waals surface area (Å²) in [6, 6.07) is 17.7. The Kier molecular flexibility index (Phi) is 7.65. The SMILES string of the molecule is CCC(=C(c1ccc(C=CC(=O)O)cc1)c1ccc2c(cnn2C(=O)C(C)(C)C)c1)c1ccc(F)cc1Cl. The van der Waals surface area contributed by atoms with Crippen LogP contribution in [-0.2, 0) is 4.79 Å². The number of hydrogen-bond donors (Lipinski definition) is 1. The van der Waals surface area contributed by atoms with Crippen molar-refractivity contribution < 1.29 is 19.1 Å². The third kappa shape index (κ3) is 5.60. The number of carboxylic acid groups (broad SMARTS) is 1. The third-order valence-electron chi connectivity index (χ3n) is 6.22. The molecule has 0 aliphatic heterocycles. The molecule has 0 spiro atoms. The van der Waals surface area contributed by atoms with Gasteiger partial charge in [0.2, 0.25) is 0 Å². The minimum atomic E-state index is -1.02. The summed E-state index contributed by atoms with van der Waals surface area (Å²) in [4.78, 5) is 23.8. The number of nitrogens with zero attached hydrogens (tertiary/aromatic N) is 2. The first kappa shape index (κ1) is 27.0. The summed E-state index contributed by atoms with van der Waals surface area (Å²) in [5, 5.41) is 14.4. The van der Waals surface area contributed by atoms with Crippen LogP contribution in [0.25, 0.3) is 28.1 Å². The monoisotopic (exact) mass is 530 g/mol. The van der Waals surface area contributed by atoms with Gasteiger partial charge in [0, 0.05) is 16.9 Å². The first-order valence-corrected chi connectivity index (χ1v) is 12.6. The van der Waals surface area contributed by atoms with Crippen LogP contribution in [0, 0.1) is 11.2 Å². The van der Waals surface area contributed by atoms with Crippen LogP contribution in [0.1, 0.15) is 61.2 Å². The lowest BCUT2D eigenvalue weighted by atomic mass is 9.87. The summed E-state index contributed by atoms with van der Waals surface area (Å²) in [7, 11) is 0. The van der Waals surface area contributed by atoms with Crippen molar-refractivity contribution in [2.75, 3.05) is 0 Å². The highest BCUT2D eigenvalue weighted by molar-refractivity contribution is 6.32. The van der Waals surface area contributed by atoms with Crippen LogP contribution in [-0.4, -0.2) is 26.8 Å². The molecule has 1 aromatic heterocycles. The average molecular weight is 531 g/mol. The standard InChI is InChI=1S/C31H28ClFN2O3/c1-5-24(25-13-12-23(33)17-26(25)32)29(20-9-6-19(7-10-20)8-15-28(36)37)21-11-14-27-22(16-21)18-34-35(27)30(38)31(2,3)4/h6-18H,5H2,1-4H3,(H,36,37). The molecule has 4 rings (SSSR count). The molecule has 194 valence electrons. The molecule has 4 aromatic rings. The summed E-state index contributed by atoms with van der Waals surface area (Å²) in [6.45, 7) is 7.57. The molecule has 0 saturated heterocycles. The van der Waals surface area contributed by atoms with E-state index >= 15 is 0 Å². The van der Waals surface area contributed by atoms with Gasteiger partial charge in [-0.25, -0.2) is 9.18 Å². The number of allylic oxidation sites excluding steroid dienone is 1. The molecule has 0 bridgehead atoms. The lowest BCUT2D eigenvalue weighted by molar-refractivity contribution is -0.131. The summed E-state index contributed by atoms with van der Waals surface area (Å²) < 4.78 is 15.3. The summed E-state index contributed by atoms with van der Waals surface area (Å²) in [5.41, 5.74) is 5.16. The summed E-state index contributed by atoms with van der Waals surface area (Å²) in [6.07, 6.45) is 4.91. The van der Waals surface area contributed by atoms with Crippen LogP contribution < -0.4 is 0 Å². The number of rotatable bonds is 6. The highest BCUT2D eigenvalue weighted by atomic mass is 35.5. The van der Waals surface area contributed by atoms with E-state index in [1.54, 1.807) is 12.3 Å². The second-order valence-corrected chi connectivity index (χ2v) is 10.4. The predicted molar refractivity (Wildman–Crippen MR) is 151 cm³/mol. The molecule has 3 aromatic carbocycles. The number of fused-ring (bicyclic) bond motifs is 1. The molecule has 0 fully saturated rings. The molecule has 0 amide bonds. The summed E-state index contributed by atoms with van der Waals surface area (Å²) >= 11 is 6.50. The lowest BCUT2D eigenvalue weighted by Gasteiger charge is -2.18. The van der Waals surface area contributed by atoms with Gasteiger partial charge in [-0.3, -0.25) is 4.79 Å². The quantitative estimate of drug-likeness (QED) is 0.202. The van der Waals surface area contributed by atoms with Gasteiger partial charge in [-0.15, -0.1) is 0 Å². The van der Waals surface area contributed by atoms with Crippen LogP contribution in [0.15, 0.2) is 72.9 Å². The van der Waals surface area contributed by atoms with E-state index in [0.717, 1.165) is 44.9 Å². The smallest absolute Gasteiger partial charge is 0.328 e. The average Bonchev–Trinajstić information content (AvgIpc) is 3.29. The van der Waals surface area contributed by atoms with Gasteiger partial charge in [0.05, 0.1) is 16.7 Å². The number of aliphatic carboxylic acids is 1. The van der Waals surface area contributed by atoms with Gasteiger partial charge in [-0.2, -0.15) is 9.78 Å². The van der Waals surface area contributed by atoms with Gasteiger partial charge < -0.3 is 5.11 Å². The maximum atomic E-state index is 13.9. The Labute approximate surface area is 225 Å². The van der Waals surface area contributed by atoms with Crippen molar-refractivity contribution in [3.8, 4) is 0 Å². The second-order valence-electron chi connectivity index (χ2n) is 10.0. The molecule has 0 unspecified atom stereocenters. The van der Waals surface area contributed by atoms with E-state index in [4.69, 9.17) is 16.7 Å². The first-order chi connectivity index (χ1) is 18.0. The molecule has 0 aliphatic rings. The van der Waals surface area contributed by atoms with E-state index in [1.165, 1.54) is 22.9 Å². The zero-order chi connectivity index (χ0) is 27.6. The molecular weight excluding hydrogens is 503 g/mol. The maximum Gasteiger partial charge on any atom is 0.328 e. The van der Waals surface area contributed by atoms with E-state index < -0.39 is 17.2 Å². The molecule has 7 heteroatoms. The van der Waals surface area contributed by atoms with Crippen molar-refractivity contribution in [1.82, 2.24) is 9.78 Å². The van der Waals surface area contributed by atoms with Crippen molar-refractivity contribution >= 4 is 51.6 Å². The lowest BCUT2D eigenvalue weighted by Crippen LogP contribution is -2.27. The highest BCUT2D eigenvalue weighted by Crippen LogP contribution is 2.38. The molecule has 0 radical (unpaired) electrons. The number of benzene rings is 3. The van der Waals surface area contributed by atoms with Crippen molar-refractivity contribution in [2.45, 2.75) is 34.1 Å². The Balaban J connectivity index is 1.93. The third-order valence-corrected chi connectivity index (χ3v) is 6.53. The molecule has 0 aliphatic carbocycles. The summed E-state index contributed by atoms with van der Waals surface area (Å²) in [5.74, 6) is -1.54. The molecule has 5 nitrogen and oxygen atoms in total. The van der Waals surface area contributed by atoms with Crippen molar-refractivity contribution in [1.29, 1.82) is 0 Å². The normalized spacial score (nSPS) is 12.7. The first-order valence-electron chi connectivity index (χ1n) is 12.2. The van der Waals surface area contributed by atoms with Gasteiger partial charge in [0.1, 0.15) is 5.82 Å². The topological polar surface area (TPSA) is 72.2 Å². The Hall–Kier alpha value is -4.03. The van der Waals surface area contributed by atoms with Gasteiger partial charge in [-0.05, 0) is 70.2 Å². The van der Waals surface area contributed by atoms with Crippen molar-refractivity contribution in [3.63, 3.8) is 0 Å². The van der Waals surface area contributed by atoms with Crippen LogP contribution in [0.3, 0.4) is 0 Å². The molecule has 0 atom stereocenters. The fraction of sp³-hybridized carbons (Fsp3) is 0.194. The number of hydrogen-bond acceptors (Lipinski definition) is 3. The van der Waals surface area contributed by atoms with Crippen LogP contribution >= 0.6 is 11.6 Å². The minimum Gasteiger partial charge on any atom is -0.478 e. The van der Waals surface area contributed by atoms with E-state index in [2.05, 4.69) is 5.10 Å². The van der Waals surface area contributed by atoms with Crippen LogP contribution in [0.5, 0.6) is 0 Å². The highest BCUT2D eigenvalue weighted by Gasteiger charge is 2.25. The maximum absolute atomic E-state index is 13.9.